The Hall–Kier alpha value is -1.56. The Kier molecular flexibility index (Phi) is 9.84. The third-order valence-electron chi connectivity index (χ3n) is 4.07. The first-order valence-electron chi connectivity index (χ1n) is 8.63. The van der Waals surface area contributed by atoms with E-state index in [0.29, 0.717) is 43.6 Å². The summed E-state index contributed by atoms with van der Waals surface area (Å²) in [5, 5.41) is 3.10. The molecule has 0 unspecified atom stereocenters. The first-order chi connectivity index (χ1) is 12.5. The van der Waals surface area contributed by atoms with Gasteiger partial charge in [0.2, 0.25) is 0 Å². The molecule has 10 heteroatoms. The maximum Gasteiger partial charge on any atom is 0.409 e. The van der Waals surface area contributed by atoms with Gasteiger partial charge in [-0.15, -0.1) is 24.0 Å². The van der Waals surface area contributed by atoms with Gasteiger partial charge in [0, 0.05) is 39.8 Å². The van der Waals surface area contributed by atoms with Crippen LogP contribution in [0, 0.1) is 0 Å². The highest BCUT2D eigenvalue weighted by atomic mass is 127. The fraction of sp³-hybridized carbons (Fsp3) is 0.529. The van der Waals surface area contributed by atoms with Crippen LogP contribution < -0.4 is 5.32 Å². The average Bonchev–Trinajstić information content (AvgIpc) is 2.66. The van der Waals surface area contributed by atoms with E-state index in [1.54, 1.807) is 49.2 Å². The van der Waals surface area contributed by atoms with Gasteiger partial charge in [-0.05, 0) is 19.1 Å². The van der Waals surface area contributed by atoms with E-state index in [2.05, 4.69) is 10.3 Å². The van der Waals surface area contributed by atoms with Crippen LogP contribution in [0.1, 0.15) is 6.92 Å². The summed E-state index contributed by atoms with van der Waals surface area (Å²) in [5.41, 5.74) is 0. The van der Waals surface area contributed by atoms with Crippen molar-refractivity contribution in [1.82, 2.24) is 15.1 Å². The zero-order chi connectivity index (χ0) is 19.0. The number of carbonyl (C=O) groups excluding carboxylic acids is 1. The number of nitrogens with one attached hydrogen (secondary N) is 1. The molecule has 0 saturated carbocycles. The van der Waals surface area contributed by atoms with Gasteiger partial charge in [0.25, 0.3) is 0 Å². The molecule has 0 spiro atoms. The van der Waals surface area contributed by atoms with Crippen LogP contribution in [0.15, 0.2) is 40.2 Å². The quantitative estimate of drug-likeness (QED) is 0.366. The van der Waals surface area contributed by atoms with Crippen molar-refractivity contribution in [1.29, 1.82) is 0 Å². The summed E-state index contributed by atoms with van der Waals surface area (Å²) in [6, 6.07) is 8.40. The van der Waals surface area contributed by atoms with Crippen LogP contribution >= 0.6 is 24.0 Å². The number of carbonyl (C=O) groups is 1. The van der Waals surface area contributed by atoms with Crippen LogP contribution in [-0.4, -0.2) is 82.4 Å². The fourth-order valence-corrected chi connectivity index (χ4v) is 3.87. The average molecular weight is 510 g/mol. The van der Waals surface area contributed by atoms with Crippen molar-refractivity contribution in [3.05, 3.63) is 30.3 Å². The molecule has 8 nitrogen and oxygen atoms in total. The summed E-state index contributed by atoms with van der Waals surface area (Å²) in [6.45, 7) is 4.72. The Morgan fingerprint density at radius 2 is 1.74 bits per heavy atom. The monoisotopic (exact) mass is 510 g/mol. The largest absolute Gasteiger partial charge is 0.450 e. The highest BCUT2D eigenvalue weighted by Crippen LogP contribution is 2.09. The second kappa shape index (κ2) is 11.3. The third-order valence-corrected chi connectivity index (χ3v) is 5.81. The molecule has 1 amide bonds. The summed E-state index contributed by atoms with van der Waals surface area (Å²) < 4.78 is 29.6. The van der Waals surface area contributed by atoms with Gasteiger partial charge in [0.15, 0.2) is 15.8 Å². The number of hydrogen-bond donors (Lipinski definition) is 1. The van der Waals surface area contributed by atoms with E-state index < -0.39 is 9.84 Å². The first kappa shape index (κ1) is 23.5. The Labute approximate surface area is 177 Å². The molecule has 0 aromatic heterocycles. The highest BCUT2D eigenvalue weighted by Gasteiger charge is 2.24. The maximum atomic E-state index is 12.3. The molecule has 0 aliphatic carbocycles. The van der Waals surface area contributed by atoms with Crippen molar-refractivity contribution >= 4 is 45.9 Å². The van der Waals surface area contributed by atoms with Gasteiger partial charge in [-0.1, -0.05) is 18.2 Å². The SMILES string of the molecule is CCOC(=O)N1CCN(C(=NC)NCCS(=O)(=O)c2ccccc2)CC1.I. The number of hydrogen-bond acceptors (Lipinski definition) is 5. The Morgan fingerprint density at radius 1 is 1.15 bits per heavy atom. The molecule has 1 N–H and O–H groups in total. The van der Waals surface area contributed by atoms with Crippen molar-refractivity contribution in [2.75, 3.05) is 52.1 Å². The number of sulfone groups is 1. The molecule has 27 heavy (non-hydrogen) atoms. The van der Waals surface area contributed by atoms with Crippen LogP contribution in [0.2, 0.25) is 0 Å². The van der Waals surface area contributed by atoms with Crippen LogP contribution in [0.3, 0.4) is 0 Å². The molecule has 1 heterocycles. The van der Waals surface area contributed by atoms with Gasteiger partial charge in [-0.3, -0.25) is 4.99 Å². The van der Waals surface area contributed by atoms with Gasteiger partial charge < -0.3 is 19.9 Å². The Bertz CT molecular complexity index is 720. The third kappa shape index (κ3) is 6.83. The number of aliphatic imine (C=N–C) groups is 1. The lowest BCUT2D eigenvalue weighted by molar-refractivity contribution is 0.0915. The predicted molar refractivity (Wildman–Crippen MR) is 115 cm³/mol. The summed E-state index contributed by atoms with van der Waals surface area (Å²) in [5.74, 6) is 0.621. The number of guanidine groups is 1. The lowest BCUT2D eigenvalue weighted by Crippen LogP contribution is -2.54. The van der Waals surface area contributed by atoms with Crippen LogP contribution in [0.4, 0.5) is 4.79 Å². The summed E-state index contributed by atoms with van der Waals surface area (Å²) in [4.78, 5) is 19.9. The lowest BCUT2D eigenvalue weighted by Gasteiger charge is -2.35. The van der Waals surface area contributed by atoms with Gasteiger partial charge in [-0.2, -0.15) is 0 Å². The van der Waals surface area contributed by atoms with Gasteiger partial charge in [0.1, 0.15) is 0 Å². The number of ether oxygens (including phenoxy) is 1. The van der Waals surface area contributed by atoms with Crippen molar-refractivity contribution in [2.45, 2.75) is 11.8 Å². The van der Waals surface area contributed by atoms with Crippen LogP contribution in [-0.2, 0) is 14.6 Å². The molecular weight excluding hydrogens is 483 g/mol. The Balaban J connectivity index is 0.00000364. The second-order valence-corrected chi connectivity index (χ2v) is 7.89. The van der Waals surface area contributed by atoms with Crippen LogP contribution in [0.5, 0.6) is 0 Å². The van der Waals surface area contributed by atoms with Gasteiger partial charge >= 0.3 is 6.09 Å². The number of nitrogens with zero attached hydrogens (tertiary/aromatic N) is 3. The maximum absolute atomic E-state index is 12.3. The number of amides is 1. The molecule has 1 aliphatic heterocycles. The number of rotatable bonds is 5. The molecule has 0 radical (unpaired) electrons. The van der Waals surface area contributed by atoms with E-state index in [9.17, 15) is 13.2 Å². The summed E-state index contributed by atoms with van der Waals surface area (Å²) in [7, 11) is -1.67. The van der Waals surface area contributed by atoms with Crippen molar-refractivity contribution in [3.63, 3.8) is 0 Å². The molecular formula is C17H27IN4O4S. The van der Waals surface area contributed by atoms with Gasteiger partial charge in [-0.25, -0.2) is 13.2 Å². The highest BCUT2D eigenvalue weighted by molar-refractivity contribution is 14.0. The minimum absolute atomic E-state index is 0. The normalized spacial score (nSPS) is 15.1. The molecule has 2 rings (SSSR count). The number of benzene rings is 1. The second-order valence-electron chi connectivity index (χ2n) is 5.78. The van der Waals surface area contributed by atoms with E-state index in [1.165, 1.54) is 0 Å². The van der Waals surface area contributed by atoms with Crippen LogP contribution in [0.25, 0.3) is 0 Å². The standard InChI is InChI=1S/C17H26N4O4S.HI/c1-3-25-17(22)21-12-10-20(11-13-21)16(18-2)19-9-14-26(23,24)15-7-5-4-6-8-15;/h4-8H,3,9-14H2,1-2H3,(H,18,19);1H. The minimum atomic E-state index is -3.33. The number of piperazine rings is 1. The number of halogens is 1. The molecule has 0 atom stereocenters. The topological polar surface area (TPSA) is 91.3 Å². The molecule has 1 aliphatic rings. The van der Waals surface area contributed by atoms with Crippen molar-refractivity contribution < 1.29 is 17.9 Å². The molecule has 1 fully saturated rings. The summed E-state index contributed by atoms with van der Waals surface area (Å²) >= 11 is 0. The van der Waals surface area contributed by atoms with Crippen molar-refractivity contribution in [2.24, 2.45) is 4.99 Å². The van der Waals surface area contributed by atoms with E-state index >= 15 is 0 Å². The molecule has 152 valence electrons. The summed E-state index contributed by atoms with van der Waals surface area (Å²) in [6.07, 6.45) is -0.302. The van der Waals surface area contributed by atoms with E-state index in [4.69, 9.17) is 4.74 Å². The molecule has 1 saturated heterocycles. The Morgan fingerprint density at radius 3 is 2.30 bits per heavy atom. The van der Waals surface area contributed by atoms with E-state index in [0.717, 1.165) is 0 Å². The van der Waals surface area contributed by atoms with Gasteiger partial charge in [0.05, 0.1) is 17.3 Å². The molecule has 1 aromatic rings. The lowest BCUT2D eigenvalue weighted by atomic mass is 10.3. The van der Waals surface area contributed by atoms with E-state index in [1.807, 2.05) is 4.90 Å². The fourth-order valence-electron chi connectivity index (χ4n) is 2.69. The smallest absolute Gasteiger partial charge is 0.409 e. The minimum Gasteiger partial charge on any atom is -0.450 e. The molecule has 1 aromatic carbocycles. The predicted octanol–water partition coefficient (Wildman–Crippen LogP) is 1.43. The molecule has 0 bridgehead atoms. The zero-order valence-electron chi connectivity index (χ0n) is 15.6. The van der Waals surface area contributed by atoms with E-state index in [-0.39, 0.29) is 42.4 Å². The van der Waals surface area contributed by atoms with Crippen molar-refractivity contribution in [3.8, 4) is 0 Å². The zero-order valence-corrected chi connectivity index (χ0v) is 18.8. The first-order valence-corrected chi connectivity index (χ1v) is 10.3.